The molecule has 0 radical (unpaired) electrons. The van der Waals surface area contributed by atoms with Crippen molar-refractivity contribution >= 4 is 5.91 Å². The third kappa shape index (κ3) is 4.39. The first-order valence-corrected chi connectivity index (χ1v) is 13.9. The summed E-state index contributed by atoms with van der Waals surface area (Å²) in [6.07, 6.45) is -1.65. The van der Waals surface area contributed by atoms with Crippen LogP contribution in [-0.4, -0.2) is 43.6 Å². The second kappa shape index (κ2) is 11.3. The minimum Gasteiger partial charge on any atom is -0.497 e. The van der Waals surface area contributed by atoms with Crippen molar-refractivity contribution in [3.63, 3.8) is 0 Å². The summed E-state index contributed by atoms with van der Waals surface area (Å²) >= 11 is 0. The van der Waals surface area contributed by atoms with E-state index in [9.17, 15) is 15.0 Å². The number of aliphatic hydroxyl groups is 2. The normalized spacial score (nSPS) is 25.3. The maximum absolute atomic E-state index is 14.0. The predicted molar refractivity (Wildman–Crippen MR) is 157 cm³/mol. The molecule has 1 aliphatic heterocycles. The molecule has 1 fully saturated rings. The highest BCUT2D eigenvalue weighted by molar-refractivity contribution is 5.82. The summed E-state index contributed by atoms with van der Waals surface area (Å²) in [7, 11) is 4.54. The fourth-order valence-electron chi connectivity index (χ4n) is 6.63. The summed E-state index contributed by atoms with van der Waals surface area (Å²) < 4.78 is 23.4. The highest BCUT2D eigenvalue weighted by Crippen LogP contribution is 2.70. The molecule has 0 spiro atoms. The molecule has 1 saturated carbocycles. The van der Waals surface area contributed by atoms with E-state index in [2.05, 4.69) is 5.48 Å². The number of fused-ring (bicyclic) bond motifs is 3. The smallest absolute Gasteiger partial charge is 0.250 e. The van der Waals surface area contributed by atoms with Crippen LogP contribution in [0.5, 0.6) is 23.0 Å². The predicted octanol–water partition coefficient (Wildman–Crippen LogP) is 4.21. The summed E-state index contributed by atoms with van der Waals surface area (Å²) in [5.74, 6) is -1.13. The zero-order chi connectivity index (χ0) is 30.2. The number of rotatable bonds is 9. The van der Waals surface area contributed by atoms with Crippen LogP contribution < -0.4 is 24.4 Å². The maximum Gasteiger partial charge on any atom is 0.250 e. The number of hydroxylamine groups is 1. The lowest BCUT2D eigenvalue weighted by molar-refractivity contribution is -0.158. The molecule has 9 heteroatoms. The van der Waals surface area contributed by atoms with E-state index < -0.39 is 35.0 Å². The molecule has 1 heterocycles. The molecule has 5 atom stereocenters. The van der Waals surface area contributed by atoms with Crippen molar-refractivity contribution in [2.24, 2.45) is 5.92 Å². The van der Waals surface area contributed by atoms with E-state index in [1.54, 1.807) is 43.5 Å². The Morgan fingerprint density at radius 2 is 1.51 bits per heavy atom. The molecule has 1 aliphatic carbocycles. The van der Waals surface area contributed by atoms with Gasteiger partial charge in [0.15, 0.2) is 11.2 Å². The van der Waals surface area contributed by atoms with E-state index >= 15 is 0 Å². The number of hydrogen-bond donors (Lipinski definition) is 3. The van der Waals surface area contributed by atoms with Crippen LogP contribution >= 0.6 is 0 Å². The molecule has 0 saturated heterocycles. The van der Waals surface area contributed by atoms with E-state index in [1.165, 1.54) is 14.2 Å². The van der Waals surface area contributed by atoms with Crippen molar-refractivity contribution in [3.8, 4) is 23.0 Å². The molecule has 0 aromatic heterocycles. The Morgan fingerprint density at radius 3 is 2.14 bits per heavy atom. The number of amides is 1. The molecular weight excluding hydrogens is 550 g/mol. The van der Waals surface area contributed by atoms with Crippen molar-refractivity contribution in [2.75, 3.05) is 21.3 Å². The Morgan fingerprint density at radius 1 is 0.860 bits per heavy atom. The van der Waals surface area contributed by atoms with Crippen LogP contribution in [0.4, 0.5) is 0 Å². The van der Waals surface area contributed by atoms with Crippen LogP contribution in [0.1, 0.15) is 28.2 Å². The Labute approximate surface area is 249 Å². The SMILES string of the molecule is COc1ccc([C@@]23Oc4cc(OC)cc(OC)c4[C@]2(O)[C@H](O)[C@H](C(=O)NOCc2ccccc2)[C@H]3c2ccccc2)cc1. The molecule has 3 N–H and O–H groups in total. The molecule has 4 aromatic rings. The second-order valence-corrected chi connectivity index (χ2v) is 10.6. The molecule has 4 aromatic carbocycles. The zero-order valence-electron chi connectivity index (χ0n) is 24.0. The van der Waals surface area contributed by atoms with Gasteiger partial charge in [-0.15, -0.1) is 0 Å². The van der Waals surface area contributed by atoms with E-state index in [1.807, 2.05) is 60.7 Å². The summed E-state index contributed by atoms with van der Waals surface area (Å²) in [5, 5.41) is 25.2. The summed E-state index contributed by atoms with van der Waals surface area (Å²) in [5.41, 5.74) is 0.996. The van der Waals surface area contributed by atoms with Crippen LogP contribution in [-0.2, 0) is 27.4 Å². The monoisotopic (exact) mass is 583 g/mol. The van der Waals surface area contributed by atoms with Crippen molar-refractivity contribution in [1.82, 2.24) is 5.48 Å². The first kappa shape index (κ1) is 28.5. The van der Waals surface area contributed by atoms with Gasteiger partial charge in [0.2, 0.25) is 5.91 Å². The van der Waals surface area contributed by atoms with E-state index in [4.69, 9.17) is 23.8 Å². The van der Waals surface area contributed by atoms with Gasteiger partial charge >= 0.3 is 0 Å². The molecule has 6 rings (SSSR count). The van der Waals surface area contributed by atoms with Crippen LogP contribution in [0.15, 0.2) is 97.1 Å². The number of hydrogen-bond acceptors (Lipinski definition) is 8. The van der Waals surface area contributed by atoms with Gasteiger partial charge in [0.05, 0.1) is 39.4 Å². The lowest BCUT2D eigenvalue weighted by Gasteiger charge is -2.40. The Hall–Kier alpha value is -4.57. The molecule has 0 unspecified atom stereocenters. The van der Waals surface area contributed by atoms with Gasteiger partial charge in [0.25, 0.3) is 0 Å². The number of ether oxygens (including phenoxy) is 4. The standard InChI is InChI=1S/C34H33NO8/c1-39-24-16-14-23(15-17-24)34-29(22-12-8-5-9-13-22)28(32(37)35-42-20-21-10-6-4-7-11-21)31(36)33(34,38)30-26(41-3)18-25(40-2)19-27(30)43-34/h4-19,28-29,31,36,38H,20H2,1-3H3,(H,35,37)/t28-,29-,31-,33+,34+/m1/s1. The number of benzene rings is 4. The number of methoxy groups -OCH3 is 3. The van der Waals surface area contributed by atoms with Gasteiger partial charge < -0.3 is 29.2 Å². The lowest BCUT2D eigenvalue weighted by Crippen LogP contribution is -2.52. The zero-order valence-corrected chi connectivity index (χ0v) is 24.0. The second-order valence-electron chi connectivity index (χ2n) is 10.6. The Balaban J connectivity index is 1.53. The number of carbonyl (C=O) groups is 1. The lowest BCUT2D eigenvalue weighted by atomic mass is 9.70. The molecule has 0 bridgehead atoms. The summed E-state index contributed by atoms with van der Waals surface area (Å²) in [6, 6.07) is 28.9. The van der Waals surface area contributed by atoms with Crippen LogP contribution in [0.2, 0.25) is 0 Å². The van der Waals surface area contributed by atoms with Gasteiger partial charge in [-0.25, -0.2) is 5.48 Å². The van der Waals surface area contributed by atoms with Gasteiger partial charge in [-0.1, -0.05) is 72.8 Å². The average Bonchev–Trinajstić information content (AvgIpc) is 3.43. The minimum absolute atomic E-state index is 0.117. The van der Waals surface area contributed by atoms with Gasteiger partial charge in [-0.3, -0.25) is 9.63 Å². The van der Waals surface area contributed by atoms with Crippen LogP contribution in [0.3, 0.4) is 0 Å². The third-order valence-corrected chi connectivity index (χ3v) is 8.51. The molecule has 1 amide bonds. The summed E-state index contributed by atoms with van der Waals surface area (Å²) in [6.45, 7) is 0.117. The Kier molecular flexibility index (Phi) is 7.47. The first-order chi connectivity index (χ1) is 20.9. The molecular formula is C34H33NO8. The highest BCUT2D eigenvalue weighted by atomic mass is 16.7. The summed E-state index contributed by atoms with van der Waals surface area (Å²) in [4.78, 5) is 19.6. The van der Waals surface area contributed by atoms with Crippen molar-refractivity contribution in [1.29, 1.82) is 0 Å². The molecule has 2 aliphatic rings. The van der Waals surface area contributed by atoms with Gasteiger partial charge in [-0.05, 0) is 28.8 Å². The molecule has 222 valence electrons. The maximum atomic E-state index is 14.0. The third-order valence-electron chi connectivity index (χ3n) is 8.51. The van der Waals surface area contributed by atoms with Crippen LogP contribution in [0, 0.1) is 5.92 Å². The molecule has 9 nitrogen and oxygen atoms in total. The van der Waals surface area contributed by atoms with Crippen molar-refractivity contribution in [3.05, 3.63) is 119 Å². The number of aliphatic hydroxyl groups excluding tert-OH is 1. The van der Waals surface area contributed by atoms with Crippen LogP contribution in [0.25, 0.3) is 0 Å². The van der Waals surface area contributed by atoms with Gasteiger partial charge in [0.1, 0.15) is 29.1 Å². The van der Waals surface area contributed by atoms with Gasteiger partial charge in [-0.2, -0.15) is 0 Å². The first-order valence-electron chi connectivity index (χ1n) is 13.9. The van der Waals surface area contributed by atoms with E-state index in [0.717, 1.165) is 5.56 Å². The van der Waals surface area contributed by atoms with Crippen molar-refractivity contribution in [2.45, 2.75) is 29.8 Å². The number of nitrogens with one attached hydrogen (secondary N) is 1. The largest absolute Gasteiger partial charge is 0.497 e. The molecule has 43 heavy (non-hydrogen) atoms. The Bertz CT molecular complexity index is 1600. The minimum atomic E-state index is -2.14. The number of carbonyl (C=O) groups excluding carboxylic acids is 1. The van der Waals surface area contributed by atoms with E-state index in [0.29, 0.717) is 22.6 Å². The quantitative estimate of drug-likeness (QED) is 0.251. The van der Waals surface area contributed by atoms with Gasteiger partial charge in [0, 0.05) is 18.1 Å². The average molecular weight is 584 g/mol. The van der Waals surface area contributed by atoms with E-state index in [-0.39, 0.29) is 23.7 Å². The van der Waals surface area contributed by atoms with Crippen molar-refractivity contribution < 1.29 is 38.8 Å². The fourth-order valence-corrected chi connectivity index (χ4v) is 6.63. The topological polar surface area (TPSA) is 116 Å². The highest BCUT2D eigenvalue weighted by Gasteiger charge is 2.78. The fraction of sp³-hybridized carbons (Fsp3) is 0.265.